The number of fused-ring (bicyclic) bond motifs is 1. The van der Waals surface area contributed by atoms with Gasteiger partial charge >= 0.3 is 4.87 Å². The second-order valence-corrected chi connectivity index (χ2v) is 11.5. The summed E-state index contributed by atoms with van der Waals surface area (Å²) in [6.45, 7) is 5.27. The number of carbonyl (C=O) groups excluding carboxylic acids is 1. The minimum atomic E-state index is -3.65. The van der Waals surface area contributed by atoms with Crippen molar-refractivity contribution in [2.75, 3.05) is 38.7 Å². The van der Waals surface area contributed by atoms with E-state index >= 15 is 0 Å². The zero-order chi connectivity index (χ0) is 25.2. The summed E-state index contributed by atoms with van der Waals surface area (Å²) < 4.78 is 40.6. The van der Waals surface area contributed by atoms with Crippen LogP contribution in [0, 0.1) is 0 Å². The Morgan fingerprint density at radius 3 is 2.60 bits per heavy atom. The SMILES string of the molecule is COc1ccc(S(=O)(=O)N2CCOCC2)cc1CCC(=O)Nc1ccc2c(c1)sc(=O)n2C(C)C. The molecule has 188 valence electrons. The highest BCUT2D eigenvalue weighted by molar-refractivity contribution is 7.89. The number of nitrogens with zero attached hydrogens (tertiary/aromatic N) is 2. The molecule has 1 aromatic heterocycles. The van der Waals surface area contributed by atoms with Crippen LogP contribution in [0.2, 0.25) is 0 Å². The zero-order valence-electron chi connectivity index (χ0n) is 19.9. The van der Waals surface area contributed by atoms with Gasteiger partial charge in [0, 0.05) is 31.2 Å². The number of aryl methyl sites for hydroxylation is 1. The van der Waals surface area contributed by atoms with Crippen molar-refractivity contribution in [3.8, 4) is 5.75 Å². The number of thiazole rings is 1. The van der Waals surface area contributed by atoms with Crippen LogP contribution in [0.15, 0.2) is 46.1 Å². The van der Waals surface area contributed by atoms with E-state index in [1.54, 1.807) is 28.8 Å². The summed E-state index contributed by atoms with van der Waals surface area (Å²) in [5, 5.41) is 2.87. The van der Waals surface area contributed by atoms with Crippen molar-refractivity contribution < 1.29 is 22.7 Å². The van der Waals surface area contributed by atoms with E-state index in [0.717, 1.165) is 21.6 Å². The molecule has 1 aliphatic heterocycles. The number of nitrogens with one attached hydrogen (secondary N) is 1. The molecule has 0 radical (unpaired) electrons. The Morgan fingerprint density at radius 2 is 1.91 bits per heavy atom. The second-order valence-electron chi connectivity index (χ2n) is 8.55. The van der Waals surface area contributed by atoms with E-state index in [1.165, 1.54) is 17.5 Å². The lowest BCUT2D eigenvalue weighted by atomic mass is 10.1. The van der Waals surface area contributed by atoms with Gasteiger partial charge in [0.1, 0.15) is 5.75 Å². The van der Waals surface area contributed by atoms with E-state index in [9.17, 15) is 18.0 Å². The summed E-state index contributed by atoms with van der Waals surface area (Å²) in [6, 6.07) is 10.2. The minimum absolute atomic E-state index is 0.0301. The lowest BCUT2D eigenvalue weighted by Gasteiger charge is -2.26. The van der Waals surface area contributed by atoms with Crippen LogP contribution >= 0.6 is 11.3 Å². The molecule has 0 bridgehead atoms. The number of aromatic nitrogens is 1. The Hall–Kier alpha value is -2.73. The number of carbonyl (C=O) groups is 1. The molecule has 0 atom stereocenters. The van der Waals surface area contributed by atoms with Crippen molar-refractivity contribution in [1.29, 1.82) is 0 Å². The molecule has 1 saturated heterocycles. The van der Waals surface area contributed by atoms with Gasteiger partial charge in [-0.2, -0.15) is 4.31 Å². The van der Waals surface area contributed by atoms with Gasteiger partial charge < -0.3 is 14.8 Å². The first-order valence-electron chi connectivity index (χ1n) is 11.4. The summed E-state index contributed by atoms with van der Waals surface area (Å²) in [6.07, 6.45) is 0.444. The van der Waals surface area contributed by atoms with Gasteiger partial charge in [0.2, 0.25) is 15.9 Å². The fraction of sp³-hybridized carbons (Fsp3) is 0.417. The molecule has 3 aromatic rings. The van der Waals surface area contributed by atoms with Crippen LogP contribution in [0.1, 0.15) is 31.9 Å². The number of methoxy groups -OCH3 is 1. The van der Waals surface area contributed by atoms with Crippen LogP contribution < -0.4 is 14.9 Å². The minimum Gasteiger partial charge on any atom is -0.496 e. The van der Waals surface area contributed by atoms with Crippen LogP contribution in [0.5, 0.6) is 5.75 Å². The maximum absolute atomic E-state index is 13.0. The topological polar surface area (TPSA) is 107 Å². The molecule has 2 aromatic carbocycles. The molecule has 1 amide bonds. The highest BCUT2D eigenvalue weighted by Gasteiger charge is 2.27. The lowest BCUT2D eigenvalue weighted by Crippen LogP contribution is -2.40. The van der Waals surface area contributed by atoms with Gasteiger partial charge in [-0.05, 0) is 62.2 Å². The molecule has 0 aliphatic carbocycles. The number of morpholine rings is 1. The monoisotopic (exact) mass is 519 g/mol. The van der Waals surface area contributed by atoms with E-state index in [4.69, 9.17) is 9.47 Å². The van der Waals surface area contributed by atoms with Gasteiger partial charge in [0.15, 0.2) is 0 Å². The molecular weight excluding hydrogens is 490 g/mol. The molecule has 1 aliphatic rings. The number of hydrogen-bond donors (Lipinski definition) is 1. The third kappa shape index (κ3) is 5.43. The summed E-state index contributed by atoms with van der Waals surface area (Å²) in [5.74, 6) is 0.309. The number of sulfonamides is 1. The third-order valence-corrected chi connectivity index (χ3v) is 8.71. The van der Waals surface area contributed by atoms with E-state index in [1.807, 2.05) is 19.9 Å². The fourth-order valence-electron chi connectivity index (χ4n) is 4.12. The van der Waals surface area contributed by atoms with Crippen molar-refractivity contribution in [3.63, 3.8) is 0 Å². The predicted molar refractivity (Wildman–Crippen MR) is 136 cm³/mol. The molecule has 2 heterocycles. The van der Waals surface area contributed by atoms with Gasteiger partial charge in [-0.15, -0.1) is 0 Å². The van der Waals surface area contributed by atoms with E-state index in [0.29, 0.717) is 49.7 Å². The maximum atomic E-state index is 13.0. The third-order valence-electron chi connectivity index (χ3n) is 5.89. The van der Waals surface area contributed by atoms with Gasteiger partial charge in [-0.25, -0.2) is 8.42 Å². The Morgan fingerprint density at radius 1 is 1.17 bits per heavy atom. The normalized spacial score (nSPS) is 15.0. The van der Waals surface area contributed by atoms with Crippen LogP contribution in [-0.2, 0) is 26.0 Å². The number of benzene rings is 2. The second kappa shape index (κ2) is 10.5. The van der Waals surface area contributed by atoms with Crippen molar-refractivity contribution in [2.24, 2.45) is 0 Å². The number of rotatable bonds is 8. The highest BCUT2D eigenvalue weighted by Crippen LogP contribution is 2.27. The molecule has 1 N–H and O–H groups in total. The summed E-state index contributed by atoms with van der Waals surface area (Å²) in [4.78, 5) is 25.1. The molecule has 9 nitrogen and oxygen atoms in total. The average molecular weight is 520 g/mol. The quantitative estimate of drug-likeness (QED) is 0.490. The van der Waals surface area contributed by atoms with Crippen molar-refractivity contribution in [2.45, 2.75) is 37.6 Å². The van der Waals surface area contributed by atoms with Gasteiger partial charge in [0.05, 0.1) is 35.4 Å². The van der Waals surface area contributed by atoms with E-state index in [2.05, 4.69) is 5.32 Å². The standard InChI is InChI=1S/C24H29N3O6S2/c1-16(2)27-20-7-5-18(15-22(20)34-24(27)29)25-23(28)9-4-17-14-19(6-8-21(17)32-3)35(30,31)26-10-12-33-13-11-26/h5-8,14-16H,4,9-13H2,1-3H3,(H,25,28). The van der Waals surface area contributed by atoms with Crippen LogP contribution in [0.4, 0.5) is 5.69 Å². The Labute approximate surface area is 208 Å². The number of amides is 1. The summed E-state index contributed by atoms with van der Waals surface area (Å²) in [7, 11) is -2.14. The van der Waals surface area contributed by atoms with Crippen LogP contribution in [0.25, 0.3) is 10.2 Å². The van der Waals surface area contributed by atoms with Crippen LogP contribution in [-0.4, -0.2) is 56.6 Å². The molecule has 0 saturated carbocycles. The fourth-order valence-corrected chi connectivity index (χ4v) is 6.63. The van der Waals surface area contributed by atoms with Crippen molar-refractivity contribution in [1.82, 2.24) is 8.87 Å². The van der Waals surface area contributed by atoms with Gasteiger partial charge in [-0.3, -0.25) is 14.2 Å². The lowest BCUT2D eigenvalue weighted by molar-refractivity contribution is -0.116. The van der Waals surface area contributed by atoms with Crippen molar-refractivity contribution >= 4 is 43.2 Å². The number of hydrogen-bond acceptors (Lipinski definition) is 7. The first-order valence-corrected chi connectivity index (χ1v) is 13.7. The molecule has 11 heteroatoms. The van der Waals surface area contributed by atoms with E-state index in [-0.39, 0.29) is 28.1 Å². The molecular formula is C24H29N3O6S2. The maximum Gasteiger partial charge on any atom is 0.308 e. The Balaban J connectivity index is 1.47. The van der Waals surface area contributed by atoms with Crippen LogP contribution in [0.3, 0.4) is 0 Å². The van der Waals surface area contributed by atoms with E-state index < -0.39 is 10.0 Å². The molecule has 0 unspecified atom stereocenters. The number of anilines is 1. The first-order chi connectivity index (χ1) is 16.7. The Bertz CT molecular complexity index is 1390. The molecule has 0 spiro atoms. The van der Waals surface area contributed by atoms with Gasteiger partial charge in [-0.1, -0.05) is 11.3 Å². The van der Waals surface area contributed by atoms with Gasteiger partial charge in [0.25, 0.3) is 0 Å². The summed E-state index contributed by atoms with van der Waals surface area (Å²) >= 11 is 1.15. The molecule has 1 fully saturated rings. The zero-order valence-corrected chi connectivity index (χ0v) is 21.6. The average Bonchev–Trinajstić information content (AvgIpc) is 3.18. The predicted octanol–water partition coefficient (Wildman–Crippen LogP) is 3.24. The first kappa shape index (κ1) is 25.4. The number of ether oxygens (including phenoxy) is 2. The summed E-state index contributed by atoms with van der Waals surface area (Å²) in [5.41, 5.74) is 2.09. The Kier molecular flexibility index (Phi) is 7.60. The molecule has 35 heavy (non-hydrogen) atoms. The highest BCUT2D eigenvalue weighted by atomic mass is 32.2. The molecule has 4 rings (SSSR count). The smallest absolute Gasteiger partial charge is 0.308 e. The largest absolute Gasteiger partial charge is 0.496 e. The van der Waals surface area contributed by atoms with Crippen molar-refractivity contribution in [3.05, 3.63) is 51.6 Å².